The van der Waals surface area contributed by atoms with Crippen LogP contribution in [-0.4, -0.2) is 23.5 Å². The van der Waals surface area contributed by atoms with Crippen LogP contribution < -0.4 is 0 Å². The molecular formula is C34H19N5O2S. The van der Waals surface area contributed by atoms with Crippen LogP contribution in [0.2, 0.25) is 0 Å². The van der Waals surface area contributed by atoms with Gasteiger partial charge in [-0.15, -0.1) is 0 Å². The van der Waals surface area contributed by atoms with Crippen molar-refractivity contribution in [3.63, 3.8) is 0 Å². The molecule has 6 aromatic heterocycles. The van der Waals surface area contributed by atoms with Crippen molar-refractivity contribution in [1.29, 1.82) is 0 Å². The number of aromatic nitrogens is 5. The lowest BCUT2D eigenvalue weighted by molar-refractivity contribution is 0.562. The van der Waals surface area contributed by atoms with Gasteiger partial charge in [0.05, 0.1) is 23.4 Å². The highest BCUT2D eigenvalue weighted by Gasteiger charge is 2.22. The van der Waals surface area contributed by atoms with E-state index in [1.165, 1.54) is 22.3 Å². The standard InChI is InChI=1S/C34H19N5O2S/c1-18-37-31-33(40-18)32-25(16-35-39(32)28-17-36-42-34(28)31)19-10-12-27-23(14-19)21-6-2-4-8-26(21)38(27)20-11-13-30-24(15-20)22-7-3-5-9-29(22)41-30/h2-17H,1H3. The highest BCUT2D eigenvalue weighted by Crippen LogP contribution is 2.40. The zero-order chi connectivity index (χ0) is 27.5. The van der Waals surface area contributed by atoms with E-state index in [0.717, 1.165) is 76.6 Å². The molecule has 0 aliphatic carbocycles. The third-order valence-electron chi connectivity index (χ3n) is 8.32. The molecule has 6 heterocycles. The number of benzene rings is 4. The molecule has 0 unspecified atom stereocenters. The molecule has 0 saturated carbocycles. The summed E-state index contributed by atoms with van der Waals surface area (Å²) < 4.78 is 21.9. The second-order valence-electron chi connectivity index (χ2n) is 10.6. The number of furan rings is 1. The SMILES string of the molecule is Cc1nc2c(o1)c1c(-c3ccc4c(c3)c3ccccc3n4-c3ccc4oc5ccccc5c4c3)cnn1c1cnsc21. The minimum absolute atomic E-state index is 0.626. The Balaban J connectivity index is 1.25. The highest BCUT2D eigenvalue weighted by molar-refractivity contribution is 7.14. The molecule has 4 aromatic carbocycles. The number of aryl methyl sites for hydroxylation is 1. The van der Waals surface area contributed by atoms with Crippen LogP contribution in [-0.2, 0) is 0 Å². The molecule has 0 amide bonds. The minimum atomic E-state index is 0.626. The fourth-order valence-corrected chi connectivity index (χ4v) is 7.24. The van der Waals surface area contributed by atoms with E-state index in [-0.39, 0.29) is 0 Å². The van der Waals surface area contributed by atoms with Crippen LogP contribution in [0.1, 0.15) is 5.89 Å². The van der Waals surface area contributed by atoms with Gasteiger partial charge >= 0.3 is 0 Å². The fraction of sp³-hybridized carbons (Fsp3) is 0.0294. The van der Waals surface area contributed by atoms with Crippen molar-refractivity contribution in [1.82, 2.24) is 23.5 Å². The normalized spacial score (nSPS) is 12.4. The van der Waals surface area contributed by atoms with Crippen molar-refractivity contribution in [3.05, 3.63) is 103 Å². The summed E-state index contributed by atoms with van der Waals surface area (Å²) >= 11 is 1.41. The molecule has 7 nitrogen and oxygen atoms in total. The van der Waals surface area contributed by atoms with Gasteiger partial charge in [-0.25, -0.2) is 9.50 Å². The van der Waals surface area contributed by atoms with Gasteiger partial charge in [-0.2, -0.15) is 9.47 Å². The van der Waals surface area contributed by atoms with Crippen LogP contribution in [0.25, 0.3) is 87.4 Å². The van der Waals surface area contributed by atoms with Crippen molar-refractivity contribution in [2.45, 2.75) is 6.92 Å². The summed E-state index contributed by atoms with van der Waals surface area (Å²) in [5.41, 5.74) is 10.6. The summed E-state index contributed by atoms with van der Waals surface area (Å²) in [6.07, 6.45) is 3.77. The van der Waals surface area contributed by atoms with Gasteiger partial charge in [0, 0.05) is 39.7 Å². The molecule has 0 bridgehead atoms. The second-order valence-corrected chi connectivity index (χ2v) is 11.4. The number of para-hydroxylation sites is 2. The topological polar surface area (TPSA) is 74.3 Å². The fourth-order valence-electron chi connectivity index (χ4n) is 6.52. The molecule has 0 atom stereocenters. The molecule has 42 heavy (non-hydrogen) atoms. The van der Waals surface area contributed by atoms with E-state index < -0.39 is 0 Å². The summed E-state index contributed by atoms with van der Waals surface area (Å²) in [7, 11) is 0. The Kier molecular flexibility index (Phi) is 4.15. The predicted octanol–water partition coefficient (Wildman–Crippen LogP) is 9.06. The zero-order valence-corrected chi connectivity index (χ0v) is 23.0. The molecule has 198 valence electrons. The number of oxazole rings is 1. The third kappa shape index (κ3) is 2.81. The Morgan fingerprint density at radius 3 is 2.50 bits per heavy atom. The van der Waals surface area contributed by atoms with Gasteiger partial charge in [0.25, 0.3) is 0 Å². The maximum atomic E-state index is 6.15. The predicted molar refractivity (Wildman–Crippen MR) is 168 cm³/mol. The number of fused-ring (bicyclic) bond motifs is 12. The third-order valence-corrected chi connectivity index (χ3v) is 9.11. The minimum Gasteiger partial charge on any atom is -0.456 e. The number of pyridine rings is 1. The Hall–Kier alpha value is -5.47. The van der Waals surface area contributed by atoms with Crippen LogP contribution in [0.5, 0.6) is 0 Å². The van der Waals surface area contributed by atoms with Gasteiger partial charge in [-0.05, 0) is 59.6 Å². The summed E-state index contributed by atoms with van der Waals surface area (Å²) in [6.45, 7) is 1.88. The van der Waals surface area contributed by atoms with E-state index >= 15 is 0 Å². The monoisotopic (exact) mass is 561 g/mol. The van der Waals surface area contributed by atoms with E-state index in [1.54, 1.807) is 0 Å². The molecule has 10 rings (SSSR count). The smallest absolute Gasteiger partial charge is 0.192 e. The summed E-state index contributed by atoms with van der Waals surface area (Å²) in [5.74, 6) is 0.626. The zero-order valence-electron chi connectivity index (χ0n) is 22.2. The second kappa shape index (κ2) is 7.84. The average molecular weight is 562 g/mol. The molecule has 0 aliphatic rings. The number of nitrogens with zero attached hydrogens (tertiary/aromatic N) is 5. The molecule has 0 fully saturated rings. The Labute approximate surface area is 241 Å². The van der Waals surface area contributed by atoms with Gasteiger partial charge in [0.2, 0.25) is 0 Å². The Morgan fingerprint density at radius 2 is 1.55 bits per heavy atom. The quantitative estimate of drug-likeness (QED) is 0.210. The molecule has 0 radical (unpaired) electrons. The first-order chi connectivity index (χ1) is 20.7. The first kappa shape index (κ1) is 22.2. The van der Waals surface area contributed by atoms with Crippen LogP contribution in [0.4, 0.5) is 0 Å². The lowest BCUT2D eigenvalue weighted by Gasteiger charge is -2.08. The molecular weight excluding hydrogens is 542 g/mol. The van der Waals surface area contributed by atoms with Crippen molar-refractivity contribution < 1.29 is 8.83 Å². The largest absolute Gasteiger partial charge is 0.456 e. The van der Waals surface area contributed by atoms with Crippen molar-refractivity contribution in [3.8, 4) is 16.8 Å². The number of rotatable bonds is 2. The van der Waals surface area contributed by atoms with E-state index in [4.69, 9.17) is 18.9 Å². The lowest BCUT2D eigenvalue weighted by atomic mass is 10.0. The first-order valence-corrected chi connectivity index (χ1v) is 14.5. The van der Waals surface area contributed by atoms with Crippen LogP contribution in [0.15, 0.2) is 106 Å². The van der Waals surface area contributed by atoms with Crippen molar-refractivity contribution >= 4 is 82.1 Å². The van der Waals surface area contributed by atoms with E-state index in [0.29, 0.717) is 5.89 Å². The van der Waals surface area contributed by atoms with E-state index in [9.17, 15) is 0 Å². The van der Waals surface area contributed by atoms with Gasteiger partial charge in [0.1, 0.15) is 32.4 Å². The maximum absolute atomic E-state index is 6.15. The molecule has 0 N–H and O–H groups in total. The van der Waals surface area contributed by atoms with Crippen LogP contribution in [0, 0.1) is 6.92 Å². The van der Waals surface area contributed by atoms with Gasteiger partial charge in [-0.3, -0.25) is 0 Å². The summed E-state index contributed by atoms with van der Waals surface area (Å²) in [4.78, 5) is 4.69. The van der Waals surface area contributed by atoms with Crippen LogP contribution in [0.3, 0.4) is 0 Å². The molecule has 10 aromatic rings. The summed E-state index contributed by atoms with van der Waals surface area (Å²) in [5, 5.41) is 9.37. The van der Waals surface area contributed by atoms with Gasteiger partial charge in [-0.1, -0.05) is 42.5 Å². The van der Waals surface area contributed by atoms with Crippen molar-refractivity contribution in [2.75, 3.05) is 0 Å². The number of hydrogen-bond donors (Lipinski definition) is 0. The van der Waals surface area contributed by atoms with Gasteiger partial charge in [0.15, 0.2) is 11.5 Å². The van der Waals surface area contributed by atoms with E-state index in [1.807, 2.05) is 36.0 Å². The molecule has 0 aliphatic heterocycles. The lowest BCUT2D eigenvalue weighted by Crippen LogP contribution is -1.93. The first-order valence-electron chi connectivity index (χ1n) is 13.7. The molecule has 8 heteroatoms. The molecule has 0 saturated heterocycles. The van der Waals surface area contributed by atoms with Crippen molar-refractivity contribution in [2.24, 2.45) is 0 Å². The highest BCUT2D eigenvalue weighted by atomic mass is 32.1. The van der Waals surface area contributed by atoms with Crippen LogP contribution >= 0.6 is 11.5 Å². The Morgan fingerprint density at radius 1 is 0.714 bits per heavy atom. The van der Waals surface area contributed by atoms with E-state index in [2.05, 4.69) is 81.7 Å². The summed E-state index contributed by atoms with van der Waals surface area (Å²) in [6, 6.07) is 29.9. The maximum Gasteiger partial charge on any atom is 0.192 e. The molecule has 0 spiro atoms. The Bertz CT molecular complexity index is 2720. The number of hydrogen-bond acceptors (Lipinski definition) is 6. The van der Waals surface area contributed by atoms with Gasteiger partial charge < -0.3 is 13.4 Å². The average Bonchev–Trinajstić information content (AvgIpc) is 3.83.